The zero-order valence-corrected chi connectivity index (χ0v) is 10.0. The molecule has 0 aliphatic rings. The molecule has 2 aromatic carbocycles. The summed E-state index contributed by atoms with van der Waals surface area (Å²) in [5.74, 6) is 0.103. The molecule has 0 fully saturated rings. The third-order valence-corrected chi connectivity index (χ3v) is 2.85. The van der Waals surface area contributed by atoms with Gasteiger partial charge in [0.25, 0.3) is 0 Å². The van der Waals surface area contributed by atoms with E-state index in [0.29, 0.717) is 0 Å². The molecule has 0 spiro atoms. The number of benzene rings is 2. The van der Waals surface area contributed by atoms with Crippen LogP contribution in [0.3, 0.4) is 0 Å². The zero-order chi connectivity index (χ0) is 12.4. The summed E-state index contributed by atoms with van der Waals surface area (Å²) in [5.41, 5.74) is 10.4. The SMILES string of the molecule is CC(=O)c1ccc(-c2ccc(N)cc2)cc1C. The highest BCUT2D eigenvalue weighted by molar-refractivity contribution is 5.96. The van der Waals surface area contributed by atoms with Crippen molar-refractivity contribution in [2.24, 2.45) is 0 Å². The summed E-state index contributed by atoms with van der Waals surface area (Å²) < 4.78 is 0. The Morgan fingerprint density at radius 1 is 1.00 bits per heavy atom. The molecule has 2 aromatic rings. The van der Waals surface area contributed by atoms with Crippen molar-refractivity contribution in [1.82, 2.24) is 0 Å². The Morgan fingerprint density at radius 3 is 2.12 bits per heavy atom. The van der Waals surface area contributed by atoms with E-state index >= 15 is 0 Å². The number of hydrogen-bond donors (Lipinski definition) is 1. The van der Waals surface area contributed by atoms with Gasteiger partial charge < -0.3 is 5.73 Å². The van der Waals surface area contributed by atoms with Crippen LogP contribution in [0.15, 0.2) is 42.5 Å². The molecular weight excluding hydrogens is 210 g/mol. The lowest BCUT2D eigenvalue weighted by Gasteiger charge is -2.06. The highest BCUT2D eigenvalue weighted by atomic mass is 16.1. The maximum absolute atomic E-state index is 11.3. The van der Waals surface area contributed by atoms with Crippen LogP contribution in [0, 0.1) is 6.92 Å². The number of Topliss-reactive ketones (excluding diaryl/α,β-unsaturated/α-hetero) is 1. The summed E-state index contributed by atoms with van der Waals surface area (Å²) in [6.07, 6.45) is 0. The Balaban J connectivity index is 2.44. The predicted molar refractivity (Wildman–Crippen MR) is 71.0 cm³/mol. The number of ketones is 1. The topological polar surface area (TPSA) is 43.1 Å². The molecule has 0 amide bonds. The first-order valence-electron chi connectivity index (χ1n) is 5.55. The van der Waals surface area contributed by atoms with E-state index < -0.39 is 0 Å². The van der Waals surface area contributed by atoms with Gasteiger partial charge in [-0.15, -0.1) is 0 Å². The smallest absolute Gasteiger partial charge is 0.160 e. The molecule has 0 aromatic heterocycles. The number of nitrogens with two attached hydrogens (primary N) is 1. The lowest BCUT2D eigenvalue weighted by molar-refractivity contribution is 0.101. The highest BCUT2D eigenvalue weighted by Gasteiger charge is 2.05. The van der Waals surface area contributed by atoms with Gasteiger partial charge in [0.15, 0.2) is 5.78 Å². The molecule has 0 saturated heterocycles. The van der Waals surface area contributed by atoms with Crippen molar-refractivity contribution in [2.45, 2.75) is 13.8 Å². The van der Waals surface area contributed by atoms with Gasteiger partial charge in [0.1, 0.15) is 0 Å². The number of rotatable bonds is 2. The lowest BCUT2D eigenvalue weighted by Crippen LogP contribution is -1.96. The maximum atomic E-state index is 11.3. The molecule has 17 heavy (non-hydrogen) atoms. The molecule has 0 radical (unpaired) electrons. The monoisotopic (exact) mass is 225 g/mol. The second-order valence-corrected chi connectivity index (χ2v) is 4.21. The first kappa shape index (κ1) is 11.4. The fourth-order valence-electron chi connectivity index (χ4n) is 1.91. The molecule has 0 unspecified atom stereocenters. The lowest BCUT2D eigenvalue weighted by atomic mass is 9.98. The molecule has 2 nitrogen and oxygen atoms in total. The van der Waals surface area contributed by atoms with Gasteiger partial charge in [0.2, 0.25) is 0 Å². The quantitative estimate of drug-likeness (QED) is 0.628. The summed E-state index contributed by atoms with van der Waals surface area (Å²) in [6.45, 7) is 3.54. The molecular formula is C15H15NO. The minimum Gasteiger partial charge on any atom is -0.399 e. The molecule has 2 heteroatoms. The van der Waals surface area contributed by atoms with Gasteiger partial charge in [0.05, 0.1) is 0 Å². The molecule has 0 heterocycles. The summed E-state index contributed by atoms with van der Waals surface area (Å²) in [7, 11) is 0. The third kappa shape index (κ3) is 2.36. The van der Waals surface area contributed by atoms with Crippen LogP contribution >= 0.6 is 0 Å². The van der Waals surface area contributed by atoms with E-state index in [9.17, 15) is 4.79 Å². The van der Waals surface area contributed by atoms with Crippen molar-refractivity contribution in [2.75, 3.05) is 5.73 Å². The molecule has 0 saturated carbocycles. The van der Waals surface area contributed by atoms with Gasteiger partial charge in [-0.3, -0.25) is 4.79 Å². The van der Waals surface area contributed by atoms with Gasteiger partial charge in [-0.2, -0.15) is 0 Å². The van der Waals surface area contributed by atoms with Crippen LogP contribution in [0.1, 0.15) is 22.8 Å². The van der Waals surface area contributed by atoms with Crippen LogP contribution in [0.4, 0.5) is 5.69 Å². The van der Waals surface area contributed by atoms with Crippen molar-refractivity contribution < 1.29 is 4.79 Å². The number of carbonyl (C=O) groups is 1. The van der Waals surface area contributed by atoms with Crippen molar-refractivity contribution >= 4 is 11.5 Å². The maximum Gasteiger partial charge on any atom is 0.160 e. The van der Waals surface area contributed by atoms with E-state index in [4.69, 9.17) is 5.73 Å². The van der Waals surface area contributed by atoms with Gasteiger partial charge in [-0.25, -0.2) is 0 Å². The zero-order valence-electron chi connectivity index (χ0n) is 10.0. The summed E-state index contributed by atoms with van der Waals surface area (Å²) in [5, 5.41) is 0. The highest BCUT2D eigenvalue weighted by Crippen LogP contribution is 2.23. The van der Waals surface area contributed by atoms with E-state index in [1.807, 2.05) is 49.4 Å². The van der Waals surface area contributed by atoms with Gasteiger partial charge in [-0.05, 0) is 42.7 Å². The number of nitrogen functional groups attached to an aromatic ring is 1. The second-order valence-electron chi connectivity index (χ2n) is 4.21. The molecule has 86 valence electrons. The molecule has 0 atom stereocenters. The van der Waals surface area contributed by atoms with Crippen LogP contribution in [0.2, 0.25) is 0 Å². The number of aryl methyl sites for hydroxylation is 1. The molecule has 2 rings (SSSR count). The van der Waals surface area contributed by atoms with E-state index in [2.05, 4.69) is 0 Å². The second kappa shape index (κ2) is 4.42. The summed E-state index contributed by atoms with van der Waals surface area (Å²) >= 11 is 0. The largest absolute Gasteiger partial charge is 0.399 e. The van der Waals surface area contributed by atoms with Crippen molar-refractivity contribution in [1.29, 1.82) is 0 Å². The molecule has 0 aliphatic heterocycles. The average molecular weight is 225 g/mol. The average Bonchev–Trinajstić information content (AvgIpc) is 2.29. The summed E-state index contributed by atoms with van der Waals surface area (Å²) in [4.78, 5) is 11.3. The van der Waals surface area contributed by atoms with Crippen LogP contribution in [-0.2, 0) is 0 Å². The van der Waals surface area contributed by atoms with Gasteiger partial charge in [-0.1, -0.05) is 30.3 Å². The minimum atomic E-state index is 0.103. The van der Waals surface area contributed by atoms with E-state index in [1.54, 1.807) is 6.92 Å². The Hall–Kier alpha value is -2.09. The Morgan fingerprint density at radius 2 is 1.59 bits per heavy atom. The first-order valence-corrected chi connectivity index (χ1v) is 5.55. The van der Waals surface area contributed by atoms with Gasteiger partial charge >= 0.3 is 0 Å². The molecule has 0 bridgehead atoms. The normalized spacial score (nSPS) is 10.2. The first-order chi connectivity index (χ1) is 8.08. The number of hydrogen-bond acceptors (Lipinski definition) is 2. The van der Waals surface area contributed by atoms with Crippen molar-refractivity contribution in [3.05, 3.63) is 53.6 Å². The Kier molecular flexibility index (Phi) is 2.96. The molecule has 2 N–H and O–H groups in total. The Bertz CT molecular complexity index is 556. The van der Waals surface area contributed by atoms with Crippen LogP contribution in [0.5, 0.6) is 0 Å². The Labute approximate surface area is 101 Å². The van der Waals surface area contributed by atoms with Crippen molar-refractivity contribution in [3.63, 3.8) is 0 Å². The number of carbonyl (C=O) groups excluding carboxylic acids is 1. The van der Waals surface area contributed by atoms with Crippen LogP contribution in [-0.4, -0.2) is 5.78 Å². The van der Waals surface area contributed by atoms with Crippen molar-refractivity contribution in [3.8, 4) is 11.1 Å². The number of anilines is 1. The van der Waals surface area contributed by atoms with Gasteiger partial charge in [0, 0.05) is 11.3 Å². The minimum absolute atomic E-state index is 0.103. The third-order valence-electron chi connectivity index (χ3n) is 2.85. The fourth-order valence-corrected chi connectivity index (χ4v) is 1.91. The van der Waals surface area contributed by atoms with E-state index in [0.717, 1.165) is 27.9 Å². The predicted octanol–water partition coefficient (Wildman–Crippen LogP) is 3.45. The molecule has 0 aliphatic carbocycles. The van der Waals surface area contributed by atoms with E-state index in [-0.39, 0.29) is 5.78 Å². The van der Waals surface area contributed by atoms with Crippen LogP contribution in [0.25, 0.3) is 11.1 Å². The summed E-state index contributed by atoms with van der Waals surface area (Å²) in [6, 6.07) is 13.6. The van der Waals surface area contributed by atoms with Crippen LogP contribution < -0.4 is 5.73 Å². The standard InChI is InChI=1S/C15H15NO/c1-10-9-13(5-8-15(10)11(2)17)12-3-6-14(16)7-4-12/h3-9H,16H2,1-2H3. The fraction of sp³-hybridized carbons (Fsp3) is 0.133. The van der Waals surface area contributed by atoms with E-state index in [1.165, 1.54) is 0 Å².